The van der Waals surface area contributed by atoms with Crippen LogP contribution in [0.1, 0.15) is 105 Å². The third kappa shape index (κ3) is 20.4. The molecule has 0 bridgehead atoms. The summed E-state index contributed by atoms with van der Waals surface area (Å²) >= 11 is 0. The number of halogens is 6. The predicted molar refractivity (Wildman–Crippen MR) is 140 cm³/mol. The zero-order valence-corrected chi connectivity index (χ0v) is 26.8. The SMILES string of the molecule is CCCCN(CCCC)C1CCCCC1N(CCCC)CCCC.O=S(=O)([O-])C(F)(F)F.O=S(=O)([O-])C(F)(F)F.[Cu+2]. The van der Waals surface area contributed by atoms with E-state index in [0.29, 0.717) is 0 Å². The van der Waals surface area contributed by atoms with E-state index in [9.17, 15) is 26.3 Å². The third-order valence-electron chi connectivity index (χ3n) is 6.39. The Morgan fingerprint density at radius 1 is 0.585 bits per heavy atom. The van der Waals surface area contributed by atoms with Gasteiger partial charge in [-0.3, -0.25) is 9.80 Å². The maximum absolute atomic E-state index is 10.7. The molecular formula is C24H46CuF6N2O6S2. The molecular weight excluding hydrogens is 654 g/mol. The van der Waals surface area contributed by atoms with E-state index < -0.39 is 31.3 Å². The van der Waals surface area contributed by atoms with Crippen molar-refractivity contribution in [2.75, 3.05) is 26.2 Å². The van der Waals surface area contributed by atoms with Gasteiger partial charge in [-0.2, -0.15) is 26.3 Å². The van der Waals surface area contributed by atoms with Crippen molar-refractivity contribution >= 4 is 20.2 Å². The van der Waals surface area contributed by atoms with E-state index in [1.807, 2.05) is 0 Å². The van der Waals surface area contributed by atoms with Gasteiger partial charge in [0, 0.05) is 12.1 Å². The Kier molecular flexibility index (Phi) is 24.7. The molecule has 1 rings (SSSR count). The van der Waals surface area contributed by atoms with Crippen LogP contribution in [0.15, 0.2) is 0 Å². The molecule has 0 N–H and O–H groups in total. The molecule has 0 aromatic heterocycles. The molecule has 2 unspecified atom stereocenters. The van der Waals surface area contributed by atoms with Gasteiger partial charge in [-0.15, -0.1) is 0 Å². The first-order valence-electron chi connectivity index (χ1n) is 13.8. The normalized spacial score (nSPS) is 18.2. The fraction of sp³-hybridized carbons (Fsp3) is 1.00. The molecule has 0 aromatic rings. The van der Waals surface area contributed by atoms with E-state index in [4.69, 9.17) is 25.9 Å². The maximum Gasteiger partial charge on any atom is 2.00 e. The summed E-state index contributed by atoms with van der Waals surface area (Å²) in [4.78, 5) is 5.78. The van der Waals surface area contributed by atoms with E-state index >= 15 is 0 Å². The Morgan fingerprint density at radius 2 is 0.780 bits per heavy atom. The Morgan fingerprint density at radius 3 is 0.927 bits per heavy atom. The third-order valence-corrected chi connectivity index (χ3v) is 7.53. The zero-order valence-electron chi connectivity index (χ0n) is 24.2. The second-order valence-corrected chi connectivity index (χ2v) is 12.4. The van der Waals surface area contributed by atoms with Gasteiger partial charge in [0.05, 0.1) is 0 Å². The van der Waals surface area contributed by atoms with Crippen LogP contribution in [0.2, 0.25) is 0 Å². The fourth-order valence-corrected chi connectivity index (χ4v) is 4.28. The minimum atomic E-state index is -6.09. The first-order valence-corrected chi connectivity index (χ1v) is 16.6. The van der Waals surface area contributed by atoms with Gasteiger partial charge in [0.25, 0.3) is 0 Å². The van der Waals surface area contributed by atoms with Gasteiger partial charge in [-0.05, 0) is 64.7 Å². The zero-order chi connectivity index (χ0) is 31.6. The molecule has 2 atom stereocenters. The van der Waals surface area contributed by atoms with Crippen LogP contribution in [0.3, 0.4) is 0 Å². The quantitative estimate of drug-likeness (QED) is 0.0910. The summed E-state index contributed by atoms with van der Waals surface area (Å²) in [5, 5.41) is 0. The predicted octanol–water partition coefficient (Wildman–Crippen LogP) is 6.20. The summed E-state index contributed by atoms with van der Waals surface area (Å²) in [7, 11) is -12.2. The summed E-state index contributed by atoms with van der Waals surface area (Å²) in [5.74, 6) is 0. The van der Waals surface area contributed by atoms with Crippen LogP contribution in [-0.2, 0) is 37.3 Å². The van der Waals surface area contributed by atoms with Gasteiger partial charge in [0.2, 0.25) is 0 Å². The second kappa shape index (κ2) is 22.4. The molecule has 1 fully saturated rings. The van der Waals surface area contributed by atoms with Gasteiger partial charge < -0.3 is 9.11 Å². The van der Waals surface area contributed by atoms with Crippen LogP contribution in [0, 0.1) is 0 Å². The van der Waals surface area contributed by atoms with Crippen molar-refractivity contribution in [3.63, 3.8) is 0 Å². The molecule has 0 spiro atoms. The molecule has 0 aliphatic heterocycles. The Balaban J connectivity index is -0.000000698. The van der Waals surface area contributed by atoms with Gasteiger partial charge in [0.15, 0.2) is 20.2 Å². The molecule has 41 heavy (non-hydrogen) atoms. The largest absolute Gasteiger partial charge is 2.00 e. The van der Waals surface area contributed by atoms with Gasteiger partial charge in [-0.1, -0.05) is 66.2 Å². The van der Waals surface area contributed by atoms with Gasteiger partial charge in [0.1, 0.15) is 0 Å². The molecule has 1 saturated carbocycles. The number of rotatable bonds is 14. The van der Waals surface area contributed by atoms with Crippen molar-refractivity contribution < 1.29 is 69.4 Å². The number of unbranched alkanes of at least 4 members (excludes halogenated alkanes) is 4. The second-order valence-electron chi connectivity index (χ2n) is 9.71. The Bertz CT molecular complexity index is 776. The standard InChI is InChI=1S/C22H46N2.2CHF3O3S.Cu/c1-5-9-17-23(18-10-6-2)21-15-13-14-16-22(21)24(19-11-7-3)20-12-8-4;2*2-1(3,4)8(5,6)7;/h21-22H,5-20H2,1-4H3;2*(H,5,6,7);/q;;;+2/p-2. The van der Waals surface area contributed by atoms with Crippen LogP contribution in [0.25, 0.3) is 0 Å². The number of alkyl halides is 6. The molecule has 1 radical (unpaired) electrons. The van der Waals surface area contributed by atoms with Crippen LogP contribution >= 0.6 is 0 Å². The average Bonchev–Trinajstić information content (AvgIpc) is 2.83. The maximum atomic E-state index is 10.7. The Labute approximate surface area is 253 Å². The minimum Gasteiger partial charge on any atom is -0.741 e. The average molecular weight is 700 g/mol. The van der Waals surface area contributed by atoms with Crippen molar-refractivity contribution in [3.8, 4) is 0 Å². The molecule has 253 valence electrons. The van der Waals surface area contributed by atoms with Crippen LogP contribution in [0.4, 0.5) is 26.3 Å². The summed E-state index contributed by atoms with van der Waals surface area (Å²) < 4.78 is 118. The summed E-state index contributed by atoms with van der Waals surface area (Å²) in [6.45, 7) is 14.7. The van der Waals surface area contributed by atoms with Crippen LogP contribution < -0.4 is 0 Å². The van der Waals surface area contributed by atoms with Gasteiger partial charge >= 0.3 is 28.1 Å². The fourth-order valence-electron chi connectivity index (χ4n) is 4.28. The molecule has 8 nitrogen and oxygen atoms in total. The number of nitrogens with zero attached hydrogens (tertiary/aromatic N) is 2. The molecule has 0 heterocycles. The van der Waals surface area contributed by atoms with Crippen molar-refractivity contribution in [1.29, 1.82) is 0 Å². The summed E-state index contributed by atoms with van der Waals surface area (Å²) in [5.41, 5.74) is -11.3. The first-order chi connectivity index (χ1) is 18.3. The molecule has 0 saturated heterocycles. The summed E-state index contributed by atoms with van der Waals surface area (Å²) in [6.07, 6.45) is 16.6. The smallest absolute Gasteiger partial charge is 0.741 e. The van der Waals surface area contributed by atoms with E-state index in [0.717, 1.165) is 12.1 Å². The molecule has 1 aliphatic rings. The van der Waals surface area contributed by atoms with Crippen molar-refractivity contribution in [2.45, 2.75) is 128 Å². The van der Waals surface area contributed by atoms with E-state index in [1.165, 1.54) is 103 Å². The van der Waals surface area contributed by atoms with Gasteiger partial charge in [-0.25, -0.2) is 16.8 Å². The van der Waals surface area contributed by atoms with E-state index in [1.54, 1.807) is 0 Å². The minimum absolute atomic E-state index is 0. The first kappa shape index (κ1) is 45.3. The molecule has 0 amide bonds. The van der Waals surface area contributed by atoms with Crippen molar-refractivity contribution in [1.82, 2.24) is 9.80 Å². The van der Waals surface area contributed by atoms with Crippen LogP contribution in [-0.4, -0.2) is 85.0 Å². The summed E-state index contributed by atoms with van der Waals surface area (Å²) in [6, 6.07) is 1.65. The number of hydrogen-bond acceptors (Lipinski definition) is 8. The monoisotopic (exact) mass is 699 g/mol. The van der Waals surface area contributed by atoms with Crippen LogP contribution in [0.5, 0.6) is 0 Å². The molecule has 0 aromatic carbocycles. The topological polar surface area (TPSA) is 121 Å². The van der Waals surface area contributed by atoms with Crippen molar-refractivity contribution in [3.05, 3.63) is 0 Å². The Hall–Kier alpha value is -0.161. The molecule has 17 heteroatoms. The number of hydrogen-bond donors (Lipinski definition) is 0. The van der Waals surface area contributed by atoms with E-state index in [-0.39, 0.29) is 17.1 Å². The molecule has 1 aliphatic carbocycles. The van der Waals surface area contributed by atoms with Crippen molar-refractivity contribution in [2.24, 2.45) is 0 Å². The van der Waals surface area contributed by atoms with E-state index in [2.05, 4.69) is 37.5 Å².